The van der Waals surface area contributed by atoms with Crippen LogP contribution in [-0.4, -0.2) is 133 Å². The Morgan fingerprint density at radius 3 is 1.09 bits per heavy atom. The smallest absolute Gasteiger partial charge is 0.338 e. The molecule has 3 fully saturated rings. The van der Waals surface area contributed by atoms with E-state index in [-0.39, 0.29) is 108 Å². The summed E-state index contributed by atoms with van der Waals surface area (Å²) in [6, 6.07) is 3.84. The summed E-state index contributed by atoms with van der Waals surface area (Å²) in [5.74, 6) is -9.86. The number of ether oxygens (including phenoxy) is 3. The number of thiazole rings is 3. The lowest BCUT2D eigenvalue weighted by molar-refractivity contribution is -0.140. The van der Waals surface area contributed by atoms with Gasteiger partial charge in [0, 0.05) is 87.1 Å². The van der Waals surface area contributed by atoms with E-state index in [9.17, 15) is 55.1 Å². The average Bonchev–Trinajstić information content (AvgIpc) is 1.47. The van der Waals surface area contributed by atoms with Crippen molar-refractivity contribution in [2.45, 2.75) is 173 Å². The Labute approximate surface area is 728 Å². The third kappa shape index (κ3) is 20.8. The summed E-state index contributed by atoms with van der Waals surface area (Å²) < 4.78 is 107. The molecular weight excluding hydrogens is 1730 g/mol. The van der Waals surface area contributed by atoms with Crippen LogP contribution in [0.1, 0.15) is 201 Å². The van der Waals surface area contributed by atoms with E-state index in [1.54, 1.807) is 83.5 Å². The topological polar surface area (TPSA) is 356 Å². The maximum atomic E-state index is 14.6. The van der Waals surface area contributed by atoms with Crippen LogP contribution in [0, 0.1) is 59.6 Å². The zero-order valence-electron chi connectivity index (χ0n) is 66.7. The van der Waals surface area contributed by atoms with Gasteiger partial charge in [-0.1, -0.05) is 53.0 Å². The summed E-state index contributed by atoms with van der Waals surface area (Å²) in [5, 5.41) is 55.8. The fraction of sp³-hybridized carbons (Fsp3) is 0.393. The first-order chi connectivity index (χ1) is 59.2. The first-order valence-corrected chi connectivity index (χ1v) is 43.6. The number of benzene rings is 3. The van der Waals surface area contributed by atoms with E-state index in [0.29, 0.717) is 75.6 Å². The van der Waals surface area contributed by atoms with Gasteiger partial charge in [0.15, 0.2) is 67.4 Å². The number of aliphatic carboxylic acids is 3. The van der Waals surface area contributed by atoms with Gasteiger partial charge in [0.1, 0.15) is 24.7 Å². The van der Waals surface area contributed by atoms with Crippen LogP contribution in [0.5, 0.6) is 0 Å². The molecule has 0 spiro atoms. The Kier molecular flexibility index (Phi) is 29.6. The molecule has 648 valence electrons. The van der Waals surface area contributed by atoms with Crippen molar-refractivity contribution in [2.75, 3.05) is 19.8 Å². The highest BCUT2D eigenvalue weighted by Crippen LogP contribution is 2.49. The molecule has 3 saturated carbocycles. The maximum Gasteiger partial charge on any atom is 0.338 e. The third-order valence-electron chi connectivity index (χ3n) is 22.2. The first-order valence-electron chi connectivity index (χ1n) is 39.8. The highest BCUT2D eigenvalue weighted by Gasteiger charge is 2.44. The first kappa shape index (κ1) is 89.8. The Morgan fingerprint density at radius 2 is 0.764 bits per heavy atom. The van der Waals surface area contributed by atoms with Crippen molar-refractivity contribution in [1.29, 1.82) is 0 Å². The molecule has 0 radical (unpaired) electrons. The molecule has 3 unspecified atom stereocenters. The Hall–Kier alpha value is -10.9. The molecule has 6 aromatic heterocycles. The zero-order valence-corrected chi connectivity index (χ0v) is 71.4. The van der Waals surface area contributed by atoms with Crippen molar-refractivity contribution in [3.63, 3.8) is 0 Å². The number of carbonyl (C=O) groups is 6. The standard InChI is InChI=1S/C29H30ClF2N5O4S.C28H28ClF2N5O4S.C27H26ClF2N5O4S/c1-3-41-29(40)22-25(17-6-4-16(5-7-17)19-14-37(36-15(19)2)12-10-21(38)39)34-27(28-33-11-13-42-28)35-26(22)18-8-9-20(31)24(32)23(18)30;1-2-40-28(39)21-24(16-5-3-15(4-6-16)17-13-33-36(14-17)11-9-20(37)38)34-26(27-32-10-12-41-27)35-25(21)18-7-8-19(30)23(31)22(18)29;1-2-39-27(38)20-23(15-5-3-14(4-6-15)16-11-32-35(12-16)13-19(36)37)33-25(26-31-9-10-40-26)34-24(20)17-7-8-18(29)22(30)21(17)28/h8-9,11,13-14,16-17,26H,3-7,10,12H2,1-2H3,(H,34,35)(H,38,39);7-8,10,12-16,25H,2-6,9,11H2,1H3,(H,34,35)(H,37,38);7-12,14-15,24H,2-6,13H2,1H3,(H,33,34)(H,36,37). The number of aryl methyl sites for hydroxylation is 3. The number of nitrogens with one attached hydrogen (secondary N) is 3. The summed E-state index contributed by atoms with van der Waals surface area (Å²) in [6.45, 7) is 7.76. The molecule has 3 aliphatic heterocycles. The number of halogens is 9. The Morgan fingerprint density at radius 1 is 0.439 bits per heavy atom. The van der Waals surface area contributed by atoms with Gasteiger partial charge in [-0.25, -0.2) is 55.7 Å². The van der Waals surface area contributed by atoms with Crippen LogP contribution in [0.15, 0.2) is 151 Å². The van der Waals surface area contributed by atoms with E-state index in [4.69, 9.17) is 79.3 Å². The number of hydrogen-bond acceptors (Lipinski definition) is 24. The van der Waals surface area contributed by atoms with Gasteiger partial charge in [0.05, 0.1) is 95.6 Å². The largest absolute Gasteiger partial charge is 0.481 e. The lowest BCUT2D eigenvalue weighted by atomic mass is 9.76. The second-order valence-electron chi connectivity index (χ2n) is 29.7. The number of carboxylic acid groups (broad SMARTS) is 3. The highest BCUT2D eigenvalue weighted by molar-refractivity contribution is 7.12. The maximum absolute atomic E-state index is 14.6. The third-order valence-corrected chi connectivity index (χ3v) is 25.7. The Bertz CT molecular complexity index is 5600. The predicted octanol–water partition coefficient (Wildman–Crippen LogP) is 16.8. The molecule has 123 heavy (non-hydrogen) atoms. The molecule has 6 aliphatic rings. The molecular formula is C84H84Cl3F6N15O12S3. The number of allylic oxidation sites excluding steroid dienone is 3. The summed E-state index contributed by atoms with van der Waals surface area (Å²) in [5.41, 5.74) is 6.90. The average molecular weight is 1810 g/mol. The lowest BCUT2D eigenvalue weighted by Crippen LogP contribution is -2.38. The van der Waals surface area contributed by atoms with Gasteiger partial charge in [-0.3, -0.25) is 43.4 Å². The number of aromatic nitrogens is 9. The van der Waals surface area contributed by atoms with Crippen LogP contribution in [0.2, 0.25) is 15.1 Å². The molecule has 39 heteroatoms. The van der Waals surface area contributed by atoms with Crippen LogP contribution in [0.3, 0.4) is 0 Å². The highest BCUT2D eigenvalue weighted by atomic mass is 35.5. The lowest BCUT2D eigenvalue weighted by Gasteiger charge is -2.35. The molecule has 6 N–H and O–H groups in total. The van der Waals surface area contributed by atoms with Crippen LogP contribution in [0.25, 0.3) is 0 Å². The number of amidine groups is 3. The molecule has 9 aromatic rings. The van der Waals surface area contributed by atoms with Crippen molar-refractivity contribution in [3.8, 4) is 0 Å². The van der Waals surface area contributed by atoms with Crippen LogP contribution in [-0.2, 0) is 62.6 Å². The normalized spacial score (nSPS) is 20.9. The van der Waals surface area contributed by atoms with Crippen molar-refractivity contribution >= 4 is 122 Å². The minimum absolute atomic E-state index is 0.00353. The van der Waals surface area contributed by atoms with Crippen molar-refractivity contribution in [2.24, 2.45) is 32.7 Å². The molecule has 0 saturated heterocycles. The Balaban J connectivity index is 0.000000159. The number of nitrogens with zero attached hydrogens (tertiary/aromatic N) is 12. The number of rotatable bonds is 26. The molecule has 3 atom stereocenters. The van der Waals surface area contributed by atoms with Gasteiger partial charge in [-0.05, 0) is 175 Å². The van der Waals surface area contributed by atoms with Gasteiger partial charge >= 0.3 is 35.8 Å². The molecule has 0 bridgehead atoms. The number of aliphatic imine (C=N–C) groups is 3. The van der Waals surface area contributed by atoms with E-state index in [1.165, 1.54) is 56.9 Å². The quantitative estimate of drug-likeness (QED) is 0.0127. The molecule has 15 rings (SSSR count). The van der Waals surface area contributed by atoms with Gasteiger partial charge in [-0.2, -0.15) is 15.3 Å². The van der Waals surface area contributed by atoms with E-state index < -0.39 is 104 Å². The minimum Gasteiger partial charge on any atom is -0.481 e. The second-order valence-corrected chi connectivity index (χ2v) is 33.6. The minimum atomic E-state index is -1.21. The van der Waals surface area contributed by atoms with Crippen molar-refractivity contribution in [3.05, 3.63) is 240 Å². The SMILES string of the molecule is CCOC(=O)C1=C(C2CCC(c3cn(CCC(=O)O)nc3C)CC2)NC(c2nccs2)=NC1c1ccc(F)c(F)c1Cl.CCOC(=O)C1=C(C2CCC(c3cnn(CC(=O)O)c3)CC2)NC(c2nccs2)=NC1c1ccc(F)c(F)c1Cl.CCOC(=O)C1=C(C2CCC(c3cnn(CCC(=O)O)c3)CC2)NC(c2nccs2)=NC1c1ccc(F)c(F)c1Cl. The number of carbonyl (C=O) groups excluding carboxylic acids is 3. The predicted molar refractivity (Wildman–Crippen MR) is 446 cm³/mol. The van der Waals surface area contributed by atoms with E-state index in [2.05, 4.69) is 46.2 Å². The fourth-order valence-corrected chi connectivity index (χ4v) is 18.9. The van der Waals surface area contributed by atoms with Crippen LogP contribution in [0.4, 0.5) is 26.3 Å². The van der Waals surface area contributed by atoms with E-state index >= 15 is 0 Å². The number of carboxylic acids is 3. The summed E-state index contributed by atoms with van der Waals surface area (Å²) in [6.07, 6.45) is 23.0. The number of hydrogen-bond donors (Lipinski definition) is 6. The zero-order chi connectivity index (χ0) is 87.4. The summed E-state index contributed by atoms with van der Waals surface area (Å²) in [4.78, 5) is 100. The van der Waals surface area contributed by atoms with Gasteiger partial charge in [0.25, 0.3) is 0 Å². The van der Waals surface area contributed by atoms with Crippen molar-refractivity contribution < 1.29 is 84.6 Å². The second kappa shape index (κ2) is 40.6. The van der Waals surface area contributed by atoms with Gasteiger partial charge in [-0.15, -0.1) is 34.0 Å². The summed E-state index contributed by atoms with van der Waals surface area (Å²) >= 11 is 22.9. The van der Waals surface area contributed by atoms with E-state index in [1.807, 2.05) is 19.3 Å². The van der Waals surface area contributed by atoms with Crippen LogP contribution >= 0.6 is 68.8 Å². The molecule has 0 amide bonds. The van der Waals surface area contributed by atoms with Gasteiger partial charge in [0.2, 0.25) is 0 Å². The molecule has 3 aliphatic carbocycles. The van der Waals surface area contributed by atoms with E-state index in [0.717, 1.165) is 105 Å². The molecule has 3 aromatic carbocycles. The van der Waals surface area contributed by atoms with Crippen molar-refractivity contribution in [1.82, 2.24) is 60.2 Å². The molecule has 9 heterocycles. The van der Waals surface area contributed by atoms with Crippen LogP contribution < -0.4 is 16.0 Å². The fourth-order valence-electron chi connectivity index (χ4n) is 16.4. The molecule has 27 nitrogen and oxygen atoms in total. The monoisotopic (exact) mass is 1810 g/mol. The number of esters is 3. The summed E-state index contributed by atoms with van der Waals surface area (Å²) in [7, 11) is 0. The van der Waals surface area contributed by atoms with Gasteiger partial charge < -0.3 is 45.5 Å².